The third-order valence-corrected chi connectivity index (χ3v) is 8.93. The first-order valence-corrected chi connectivity index (χ1v) is 13.0. The minimum Gasteiger partial charge on any atom is -0.382 e. The first-order valence-electron chi connectivity index (χ1n) is 11.4. The van der Waals surface area contributed by atoms with E-state index in [1.807, 2.05) is 30.5 Å². The van der Waals surface area contributed by atoms with Gasteiger partial charge in [0.25, 0.3) is 0 Å². The van der Waals surface area contributed by atoms with Crippen molar-refractivity contribution >= 4 is 57.8 Å². The Balaban J connectivity index is 1.18. The SMILES string of the molecule is Nc1nccc(Sc2ccc3nc(N4CCC5(CC4)Cc4cc(Cl)ccc4[C@@H]5N)cnc3n2)c1Cl. The number of nitrogens with two attached hydrogens (primary N) is 2. The minimum atomic E-state index is 0.0453. The first kappa shape index (κ1) is 22.8. The normalized spacial score (nSPS) is 18.8. The van der Waals surface area contributed by atoms with Crippen molar-refractivity contribution < 1.29 is 0 Å². The van der Waals surface area contributed by atoms with E-state index in [9.17, 15) is 0 Å². The molecule has 35 heavy (non-hydrogen) atoms. The van der Waals surface area contributed by atoms with Crippen molar-refractivity contribution in [2.24, 2.45) is 11.1 Å². The number of benzene rings is 1. The summed E-state index contributed by atoms with van der Waals surface area (Å²) in [5.74, 6) is 1.17. The second-order valence-corrected chi connectivity index (χ2v) is 11.1. The van der Waals surface area contributed by atoms with Crippen LogP contribution in [0.1, 0.15) is 30.0 Å². The van der Waals surface area contributed by atoms with Gasteiger partial charge in [-0.25, -0.2) is 19.9 Å². The van der Waals surface area contributed by atoms with Crippen molar-refractivity contribution in [3.8, 4) is 0 Å². The summed E-state index contributed by atoms with van der Waals surface area (Å²) < 4.78 is 0. The van der Waals surface area contributed by atoms with E-state index in [-0.39, 0.29) is 11.5 Å². The molecule has 10 heteroatoms. The maximum absolute atomic E-state index is 6.73. The lowest BCUT2D eigenvalue weighted by atomic mass is 9.73. The van der Waals surface area contributed by atoms with E-state index >= 15 is 0 Å². The summed E-state index contributed by atoms with van der Waals surface area (Å²) >= 11 is 13.9. The van der Waals surface area contributed by atoms with Crippen molar-refractivity contribution in [2.45, 2.75) is 35.2 Å². The van der Waals surface area contributed by atoms with Gasteiger partial charge in [0.1, 0.15) is 22.2 Å². The molecule has 1 aliphatic heterocycles. The average Bonchev–Trinajstić information content (AvgIpc) is 3.12. The zero-order valence-corrected chi connectivity index (χ0v) is 21.1. The van der Waals surface area contributed by atoms with Gasteiger partial charge < -0.3 is 16.4 Å². The van der Waals surface area contributed by atoms with Gasteiger partial charge in [-0.2, -0.15) is 0 Å². The lowest BCUT2D eigenvalue weighted by Gasteiger charge is -2.42. The van der Waals surface area contributed by atoms with E-state index in [1.165, 1.54) is 22.9 Å². The summed E-state index contributed by atoms with van der Waals surface area (Å²) in [7, 11) is 0. The third kappa shape index (κ3) is 4.08. The second kappa shape index (κ2) is 8.78. The highest BCUT2D eigenvalue weighted by Gasteiger charge is 2.46. The van der Waals surface area contributed by atoms with Crippen LogP contribution in [0.3, 0.4) is 0 Å². The molecule has 7 nitrogen and oxygen atoms in total. The molecule has 4 N–H and O–H groups in total. The molecule has 1 fully saturated rings. The molecule has 2 aliphatic rings. The van der Waals surface area contributed by atoms with Crippen molar-refractivity contribution in [3.63, 3.8) is 0 Å². The van der Waals surface area contributed by atoms with Gasteiger partial charge in [0.05, 0.1) is 11.2 Å². The fourth-order valence-corrected chi connectivity index (χ4v) is 6.48. The fourth-order valence-electron chi connectivity index (χ4n) is 5.24. The van der Waals surface area contributed by atoms with E-state index in [0.717, 1.165) is 58.6 Å². The Labute approximate surface area is 217 Å². The molecule has 4 aromatic rings. The molecule has 0 bridgehead atoms. The quantitative estimate of drug-likeness (QED) is 0.372. The predicted octanol–water partition coefficient (Wildman–Crippen LogP) is 5.30. The van der Waals surface area contributed by atoms with Crippen LogP contribution in [-0.2, 0) is 6.42 Å². The zero-order chi connectivity index (χ0) is 24.2. The standard InChI is InChI=1S/C25H23Cl2N7S/c26-15-1-2-16-14(11-15)12-25(22(16)28)6-9-34(10-7-25)19-13-31-24-17(32-19)3-4-20(33-24)35-18-5-8-30-23(29)21(18)27/h1-5,8,11,13,22H,6-7,9-10,12,28H2,(H2,29,30)/t22-/m0/s1. The molecule has 1 atom stereocenters. The summed E-state index contributed by atoms with van der Waals surface area (Å²) in [5, 5.41) is 1.97. The van der Waals surface area contributed by atoms with Crippen molar-refractivity contribution in [1.82, 2.24) is 19.9 Å². The Bertz CT molecular complexity index is 1440. The molecular formula is C25H23Cl2N7S. The molecular weight excluding hydrogens is 501 g/mol. The van der Waals surface area contributed by atoms with Crippen molar-refractivity contribution in [1.29, 1.82) is 0 Å². The summed E-state index contributed by atoms with van der Waals surface area (Å²) in [5.41, 5.74) is 16.5. The number of hydrogen-bond donors (Lipinski definition) is 2. The minimum absolute atomic E-state index is 0.0453. The van der Waals surface area contributed by atoms with Gasteiger partial charge >= 0.3 is 0 Å². The number of nitrogen functional groups attached to an aromatic ring is 1. The Hall–Kier alpha value is -2.65. The fraction of sp³-hybridized carbons (Fsp3) is 0.280. The molecule has 6 rings (SSSR count). The number of anilines is 2. The lowest BCUT2D eigenvalue weighted by Crippen LogP contribution is -2.44. The molecule has 0 unspecified atom stereocenters. The number of pyridine rings is 2. The summed E-state index contributed by atoms with van der Waals surface area (Å²) in [6, 6.07) is 11.8. The first-order chi connectivity index (χ1) is 16.9. The highest BCUT2D eigenvalue weighted by atomic mass is 35.5. The molecule has 4 heterocycles. The van der Waals surface area contributed by atoms with Crippen LogP contribution in [0.2, 0.25) is 10.0 Å². The van der Waals surface area contributed by atoms with Gasteiger partial charge in [0.15, 0.2) is 5.65 Å². The maximum atomic E-state index is 6.73. The van der Waals surface area contributed by atoms with Crippen LogP contribution in [0, 0.1) is 5.41 Å². The largest absolute Gasteiger partial charge is 0.382 e. The number of rotatable bonds is 3. The molecule has 178 valence electrons. The maximum Gasteiger partial charge on any atom is 0.179 e. The van der Waals surface area contributed by atoms with Gasteiger partial charge in [-0.3, -0.25) is 0 Å². The Kier molecular flexibility index (Phi) is 5.72. The zero-order valence-electron chi connectivity index (χ0n) is 18.8. The number of piperidine rings is 1. The number of aromatic nitrogens is 4. The van der Waals surface area contributed by atoms with Gasteiger partial charge in [0, 0.05) is 35.2 Å². The van der Waals surface area contributed by atoms with Crippen LogP contribution in [0.4, 0.5) is 11.6 Å². The van der Waals surface area contributed by atoms with E-state index < -0.39 is 0 Å². The monoisotopic (exact) mass is 523 g/mol. The smallest absolute Gasteiger partial charge is 0.179 e. The highest BCUT2D eigenvalue weighted by Crippen LogP contribution is 2.51. The molecule has 1 saturated heterocycles. The topological polar surface area (TPSA) is 107 Å². The molecule has 1 aromatic carbocycles. The van der Waals surface area contributed by atoms with Gasteiger partial charge in [-0.15, -0.1) is 0 Å². The number of fused-ring (bicyclic) bond motifs is 2. The summed E-state index contributed by atoms with van der Waals surface area (Å²) in [6.45, 7) is 1.78. The van der Waals surface area contributed by atoms with E-state index in [4.69, 9.17) is 39.7 Å². The van der Waals surface area contributed by atoms with E-state index in [2.05, 4.69) is 32.0 Å². The molecule has 1 aliphatic carbocycles. The summed E-state index contributed by atoms with van der Waals surface area (Å²) in [4.78, 5) is 21.2. The van der Waals surface area contributed by atoms with Gasteiger partial charge in [0.2, 0.25) is 0 Å². The molecule has 0 saturated carbocycles. The molecule has 0 amide bonds. The lowest BCUT2D eigenvalue weighted by molar-refractivity contribution is 0.187. The van der Waals surface area contributed by atoms with Crippen molar-refractivity contribution in [3.05, 3.63) is 70.0 Å². The van der Waals surface area contributed by atoms with Crippen LogP contribution < -0.4 is 16.4 Å². The average molecular weight is 524 g/mol. The third-order valence-electron chi connectivity index (χ3n) is 7.19. The molecule has 1 spiro atoms. The van der Waals surface area contributed by atoms with Crippen LogP contribution in [0.5, 0.6) is 0 Å². The Morgan fingerprint density at radius 2 is 1.86 bits per heavy atom. The summed E-state index contributed by atoms with van der Waals surface area (Å²) in [6.07, 6.45) is 6.43. The molecule has 0 radical (unpaired) electrons. The Morgan fingerprint density at radius 3 is 2.69 bits per heavy atom. The predicted molar refractivity (Wildman–Crippen MR) is 141 cm³/mol. The van der Waals surface area contributed by atoms with E-state index in [0.29, 0.717) is 16.5 Å². The van der Waals surface area contributed by atoms with Gasteiger partial charge in [-0.1, -0.05) is 41.0 Å². The number of halogens is 2. The van der Waals surface area contributed by atoms with Crippen LogP contribution >= 0.6 is 35.0 Å². The van der Waals surface area contributed by atoms with Crippen LogP contribution in [0.15, 0.2) is 58.7 Å². The second-order valence-electron chi connectivity index (χ2n) is 9.18. The highest BCUT2D eigenvalue weighted by molar-refractivity contribution is 7.99. The van der Waals surface area contributed by atoms with Crippen LogP contribution in [0.25, 0.3) is 11.2 Å². The number of hydrogen-bond acceptors (Lipinski definition) is 8. The molecule has 3 aromatic heterocycles. The Morgan fingerprint density at radius 1 is 1.03 bits per heavy atom. The number of nitrogens with zero attached hydrogens (tertiary/aromatic N) is 5. The van der Waals surface area contributed by atoms with Crippen molar-refractivity contribution in [2.75, 3.05) is 23.7 Å². The van der Waals surface area contributed by atoms with Gasteiger partial charge in [-0.05, 0) is 66.1 Å². The van der Waals surface area contributed by atoms with Crippen LogP contribution in [-0.4, -0.2) is 33.0 Å². The van der Waals surface area contributed by atoms with E-state index in [1.54, 1.807) is 6.20 Å².